The second-order valence-corrected chi connectivity index (χ2v) is 7.79. The highest BCUT2D eigenvalue weighted by molar-refractivity contribution is 7.15. The number of thiazole rings is 1. The molecule has 1 aliphatic carbocycles. The zero-order valence-corrected chi connectivity index (χ0v) is 15.8. The van der Waals surface area contributed by atoms with Crippen LogP contribution in [0.25, 0.3) is 4.96 Å². The van der Waals surface area contributed by atoms with Crippen molar-refractivity contribution in [1.82, 2.24) is 14.7 Å². The number of aryl methyl sites for hydroxylation is 1. The van der Waals surface area contributed by atoms with E-state index in [0.717, 1.165) is 24.8 Å². The molecule has 2 heterocycles. The number of benzene rings is 1. The van der Waals surface area contributed by atoms with Gasteiger partial charge in [-0.15, -0.1) is 11.3 Å². The number of carbonyl (C=O) groups is 2. The predicted octanol–water partition coefficient (Wildman–Crippen LogP) is 2.45. The number of carbonyl (C=O) groups excluding carboxylic acids is 1. The Kier molecular flexibility index (Phi) is 4.95. The number of fused-ring (bicyclic) bond motifs is 2. The van der Waals surface area contributed by atoms with Crippen molar-refractivity contribution >= 4 is 28.2 Å². The van der Waals surface area contributed by atoms with Crippen LogP contribution in [0, 0.1) is 0 Å². The molecular weight excluding hydrogens is 378 g/mol. The van der Waals surface area contributed by atoms with E-state index in [9.17, 15) is 19.5 Å². The molecule has 0 spiro atoms. The fraction of sp³-hybridized carbons (Fsp3) is 0.300. The predicted molar refractivity (Wildman–Crippen MR) is 105 cm³/mol. The molecule has 1 aliphatic rings. The van der Waals surface area contributed by atoms with Gasteiger partial charge < -0.3 is 10.4 Å². The number of rotatable bonds is 5. The first kappa shape index (κ1) is 18.4. The lowest BCUT2D eigenvalue weighted by Gasteiger charge is -2.28. The Balaban J connectivity index is 1.56. The molecule has 4 rings (SSSR count). The van der Waals surface area contributed by atoms with E-state index in [-0.39, 0.29) is 17.9 Å². The van der Waals surface area contributed by atoms with E-state index in [2.05, 4.69) is 16.4 Å². The van der Waals surface area contributed by atoms with Gasteiger partial charge in [-0.25, -0.2) is 9.78 Å². The first-order chi connectivity index (χ1) is 13.5. The number of amides is 1. The highest BCUT2D eigenvalue weighted by atomic mass is 32.1. The fourth-order valence-corrected chi connectivity index (χ4v) is 4.50. The maximum absolute atomic E-state index is 12.6. The molecule has 0 bridgehead atoms. The normalized spacial score (nSPS) is 17.1. The molecule has 2 aromatic heterocycles. The van der Waals surface area contributed by atoms with Crippen molar-refractivity contribution in [2.45, 2.75) is 37.6 Å². The lowest BCUT2D eigenvalue weighted by Crippen LogP contribution is -2.44. The monoisotopic (exact) mass is 397 g/mol. The summed E-state index contributed by atoms with van der Waals surface area (Å²) in [4.78, 5) is 41.4. The summed E-state index contributed by atoms with van der Waals surface area (Å²) in [5.74, 6) is -1.76. The van der Waals surface area contributed by atoms with E-state index in [1.54, 1.807) is 11.6 Å². The average Bonchev–Trinajstić information content (AvgIpc) is 3.17. The molecule has 2 atom stereocenters. The zero-order valence-electron chi connectivity index (χ0n) is 15.0. The highest BCUT2D eigenvalue weighted by Crippen LogP contribution is 2.34. The van der Waals surface area contributed by atoms with Gasteiger partial charge >= 0.3 is 5.97 Å². The van der Waals surface area contributed by atoms with Crippen molar-refractivity contribution in [3.8, 4) is 0 Å². The molecule has 3 aromatic rings. The van der Waals surface area contributed by atoms with E-state index in [4.69, 9.17) is 0 Å². The number of hydrogen-bond acceptors (Lipinski definition) is 5. The van der Waals surface area contributed by atoms with Gasteiger partial charge in [0.15, 0.2) is 4.96 Å². The summed E-state index contributed by atoms with van der Waals surface area (Å²) < 4.78 is 1.28. The van der Waals surface area contributed by atoms with Crippen molar-refractivity contribution in [3.05, 3.63) is 69.1 Å². The van der Waals surface area contributed by atoms with Gasteiger partial charge in [-0.1, -0.05) is 24.3 Å². The Morgan fingerprint density at radius 2 is 2.18 bits per heavy atom. The second-order valence-electron chi connectivity index (χ2n) is 6.92. The van der Waals surface area contributed by atoms with Crippen LogP contribution in [0.4, 0.5) is 0 Å². The molecule has 7 nitrogen and oxygen atoms in total. The molecule has 0 aliphatic heterocycles. The zero-order chi connectivity index (χ0) is 19.7. The van der Waals surface area contributed by atoms with Crippen molar-refractivity contribution in [2.75, 3.05) is 0 Å². The molecule has 28 heavy (non-hydrogen) atoms. The van der Waals surface area contributed by atoms with Gasteiger partial charge in [-0.2, -0.15) is 0 Å². The van der Waals surface area contributed by atoms with Crippen LogP contribution < -0.4 is 10.9 Å². The highest BCUT2D eigenvalue weighted by Gasteiger charge is 2.29. The van der Waals surface area contributed by atoms with Crippen LogP contribution in [0.15, 0.2) is 46.8 Å². The number of aromatic nitrogens is 2. The molecule has 0 saturated heterocycles. The molecule has 0 saturated carbocycles. The van der Waals surface area contributed by atoms with Crippen molar-refractivity contribution in [1.29, 1.82) is 0 Å². The Morgan fingerprint density at radius 3 is 3.00 bits per heavy atom. The molecular formula is C20H19N3O4S. The van der Waals surface area contributed by atoms with Gasteiger partial charge in [0, 0.05) is 17.8 Å². The van der Waals surface area contributed by atoms with Crippen LogP contribution in [0.3, 0.4) is 0 Å². The fourth-order valence-electron chi connectivity index (χ4n) is 3.82. The first-order valence-corrected chi connectivity index (χ1v) is 9.99. The minimum Gasteiger partial charge on any atom is -0.480 e. The number of carboxylic acid groups (broad SMARTS) is 1. The summed E-state index contributed by atoms with van der Waals surface area (Å²) >= 11 is 1.28. The summed E-state index contributed by atoms with van der Waals surface area (Å²) in [5, 5.41) is 13.9. The van der Waals surface area contributed by atoms with Gasteiger partial charge in [0.25, 0.3) is 11.5 Å². The molecule has 1 amide bonds. The summed E-state index contributed by atoms with van der Waals surface area (Å²) in [6, 6.07) is 6.96. The minimum absolute atomic E-state index is 0.0601. The number of hydrogen-bond donors (Lipinski definition) is 2. The van der Waals surface area contributed by atoms with Gasteiger partial charge in [-0.3, -0.25) is 14.0 Å². The summed E-state index contributed by atoms with van der Waals surface area (Å²) in [7, 11) is 0. The van der Waals surface area contributed by atoms with E-state index < -0.39 is 23.5 Å². The third-order valence-corrected chi connectivity index (χ3v) is 5.98. The molecule has 0 radical (unpaired) electrons. The summed E-state index contributed by atoms with van der Waals surface area (Å²) in [6.45, 7) is 0. The van der Waals surface area contributed by atoms with Crippen LogP contribution in [0.1, 0.15) is 46.7 Å². The maximum Gasteiger partial charge on any atom is 0.326 e. The van der Waals surface area contributed by atoms with Gasteiger partial charge in [-0.05, 0) is 42.7 Å². The van der Waals surface area contributed by atoms with Gasteiger partial charge in [0.05, 0.1) is 0 Å². The molecule has 144 valence electrons. The number of carboxylic acids is 1. The van der Waals surface area contributed by atoms with E-state index >= 15 is 0 Å². The standard InChI is InChI=1S/C20H19N3O4S/c24-17(15-11-21-20-23(18(15)25)8-9-28-20)22-16(19(26)27)10-13-6-3-5-12-4-1-2-7-14(12)13/h1-2,4,7-9,11,13,16H,3,5-6,10H2,(H,22,24)(H,26,27). The van der Waals surface area contributed by atoms with Crippen LogP contribution in [-0.4, -0.2) is 32.4 Å². The van der Waals surface area contributed by atoms with E-state index in [1.165, 1.54) is 27.5 Å². The molecule has 1 aromatic carbocycles. The Bertz CT molecular complexity index is 1100. The number of aliphatic carboxylic acids is 1. The average molecular weight is 397 g/mol. The minimum atomic E-state index is -1.11. The Labute approximate surface area is 164 Å². The van der Waals surface area contributed by atoms with Crippen molar-refractivity contribution in [3.63, 3.8) is 0 Å². The Hall–Kier alpha value is -3.00. The van der Waals surface area contributed by atoms with Gasteiger partial charge in [0.2, 0.25) is 0 Å². The third kappa shape index (κ3) is 3.43. The second kappa shape index (κ2) is 7.55. The molecule has 0 fully saturated rings. The first-order valence-electron chi connectivity index (χ1n) is 9.11. The van der Waals surface area contributed by atoms with Crippen LogP contribution in [-0.2, 0) is 11.2 Å². The topological polar surface area (TPSA) is 101 Å². The number of nitrogens with zero attached hydrogens (tertiary/aromatic N) is 2. The summed E-state index contributed by atoms with van der Waals surface area (Å²) in [6.07, 6.45) is 5.88. The molecule has 8 heteroatoms. The molecule has 2 unspecified atom stereocenters. The lowest BCUT2D eigenvalue weighted by molar-refractivity contribution is -0.139. The van der Waals surface area contributed by atoms with Crippen molar-refractivity contribution in [2.24, 2.45) is 0 Å². The lowest BCUT2D eigenvalue weighted by atomic mass is 9.79. The molecule has 2 N–H and O–H groups in total. The van der Waals surface area contributed by atoms with Crippen LogP contribution >= 0.6 is 11.3 Å². The maximum atomic E-state index is 12.6. The Morgan fingerprint density at radius 1 is 1.36 bits per heavy atom. The largest absolute Gasteiger partial charge is 0.480 e. The quantitative estimate of drug-likeness (QED) is 0.689. The summed E-state index contributed by atoms with van der Waals surface area (Å²) in [5.41, 5.74) is 1.72. The van der Waals surface area contributed by atoms with E-state index in [0.29, 0.717) is 4.96 Å². The van der Waals surface area contributed by atoms with Crippen LogP contribution in [0.2, 0.25) is 0 Å². The van der Waals surface area contributed by atoms with E-state index in [1.807, 2.05) is 18.2 Å². The SMILES string of the molecule is O=C(NC(CC1CCCc2ccccc21)C(=O)O)c1cnc2sccn2c1=O. The van der Waals surface area contributed by atoms with Crippen LogP contribution in [0.5, 0.6) is 0 Å². The smallest absolute Gasteiger partial charge is 0.326 e. The van der Waals surface area contributed by atoms with Gasteiger partial charge in [0.1, 0.15) is 11.6 Å². The number of nitrogens with one attached hydrogen (secondary N) is 1. The third-order valence-electron chi connectivity index (χ3n) is 5.20. The van der Waals surface area contributed by atoms with Crippen molar-refractivity contribution < 1.29 is 14.7 Å².